The Morgan fingerprint density at radius 1 is 1.24 bits per heavy atom. The van der Waals surface area contributed by atoms with E-state index in [4.69, 9.17) is 0 Å². The fraction of sp³-hybridized carbons (Fsp3) is 0.292. The van der Waals surface area contributed by atoms with Gasteiger partial charge in [-0.15, -0.1) is 16.8 Å². The number of benzene rings is 2. The number of nitro benzene ring substituents is 1. The van der Waals surface area contributed by atoms with E-state index in [1.54, 1.807) is 24.3 Å². The first-order valence-electron chi connectivity index (χ1n) is 10.6. The van der Waals surface area contributed by atoms with Crippen LogP contribution in [0.2, 0.25) is 0 Å². The van der Waals surface area contributed by atoms with Crippen molar-refractivity contribution in [1.29, 1.82) is 0 Å². The lowest BCUT2D eigenvalue weighted by Gasteiger charge is -2.22. The van der Waals surface area contributed by atoms with Gasteiger partial charge in [-0.1, -0.05) is 61.5 Å². The summed E-state index contributed by atoms with van der Waals surface area (Å²) in [6, 6.07) is 13.6. The van der Waals surface area contributed by atoms with Crippen LogP contribution in [-0.2, 0) is 12.3 Å². The van der Waals surface area contributed by atoms with Crippen LogP contribution in [0, 0.1) is 23.0 Å². The molecule has 33 heavy (non-hydrogen) atoms. The molecule has 0 spiro atoms. The Kier molecular flexibility index (Phi) is 8.00. The number of amides is 1. The third-order valence-corrected chi connectivity index (χ3v) is 6.12. The summed E-state index contributed by atoms with van der Waals surface area (Å²) in [4.78, 5) is 23.3. The number of hydrogen-bond donors (Lipinski definition) is 1. The van der Waals surface area contributed by atoms with Crippen LogP contribution in [0.15, 0.2) is 66.3 Å². The molecule has 0 aliphatic carbocycles. The van der Waals surface area contributed by atoms with Gasteiger partial charge in [0.1, 0.15) is 0 Å². The predicted molar refractivity (Wildman–Crippen MR) is 129 cm³/mol. The molecule has 3 rings (SSSR count). The Balaban J connectivity index is 1.81. The normalized spacial score (nSPS) is 11.9. The summed E-state index contributed by atoms with van der Waals surface area (Å²) < 4.78 is 1.95. The van der Waals surface area contributed by atoms with E-state index in [0.29, 0.717) is 28.8 Å². The van der Waals surface area contributed by atoms with Gasteiger partial charge in [-0.05, 0) is 30.5 Å². The second kappa shape index (κ2) is 10.9. The van der Waals surface area contributed by atoms with E-state index >= 15 is 0 Å². The third-order valence-electron chi connectivity index (χ3n) is 5.08. The molecule has 0 saturated carbocycles. The zero-order chi connectivity index (χ0) is 24.0. The number of thioether (sulfide) groups is 1. The van der Waals surface area contributed by atoms with Gasteiger partial charge in [-0.3, -0.25) is 14.9 Å². The molecule has 9 heteroatoms. The Labute approximate surface area is 197 Å². The van der Waals surface area contributed by atoms with Crippen LogP contribution in [0.1, 0.15) is 47.2 Å². The molecule has 172 valence electrons. The molecule has 1 amide bonds. The van der Waals surface area contributed by atoms with E-state index in [9.17, 15) is 14.9 Å². The van der Waals surface area contributed by atoms with Crippen LogP contribution in [0.3, 0.4) is 0 Å². The summed E-state index contributed by atoms with van der Waals surface area (Å²) in [6.07, 6.45) is 1.77. The number of aryl methyl sites for hydroxylation is 1. The highest BCUT2D eigenvalue weighted by atomic mass is 32.2. The average Bonchev–Trinajstić information content (AvgIpc) is 3.18. The molecule has 0 bridgehead atoms. The van der Waals surface area contributed by atoms with Crippen molar-refractivity contribution in [3.05, 3.63) is 93.8 Å². The first kappa shape index (κ1) is 24.2. The van der Waals surface area contributed by atoms with E-state index in [-0.39, 0.29) is 23.6 Å². The first-order chi connectivity index (χ1) is 15.8. The quantitative estimate of drug-likeness (QED) is 0.193. The van der Waals surface area contributed by atoms with Crippen LogP contribution < -0.4 is 5.32 Å². The van der Waals surface area contributed by atoms with E-state index in [1.807, 2.05) is 43.5 Å². The monoisotopic (exact) mass is 465 g/mol. The van der Waals surface area contributed by atoms with Crippen molar-refractivity contribution >= 4 is 23.4 Å². The number of nitrogens with zero attached hydrogens (tertiary/aromatic N) is 4. The molecule has 2 aromatic carbocycles. The van der Waals surface area contributed by atoms with Gasteiger partial charge < -0.3 is 9.88 Å². The number of carbonyl (C=O) groups excluding carboxylic acids is 1. The van der Waals surface area contributed by atoms with Crippen LogP contribution >= 0.6 is 11.8 Å². The third kappa shape index (κ3) is 6.07. The molecule has 0 radical (unpaired) electrons. The maximum atomic E-state index is 12.9. The van der Waals surface area contributed by atoms with Gasteiger partial charge in [0, 0.05) is 30.0 Å². The minimum absolute atomic E-state index is 0.0602. The van der Waals surface area contributed by atoms with Gasteiger partial charge in [0.05, 0.1) is 11.0 Å². The summed E-state index contributed by atoms with van der Waals surface area (Å²) in [5.41, 5.74) is 2.62. The zero-order valence-corrected chi connectivity index (χ0v) is 19.7. The van der Waals surface area contributed by atoms with Crippen LogP contribution in [0.25, 0.3) is 0 Å². The van der Waals surface area contributed by atoms with Gasteiger partial charge in [-0.2, -0.15) is 0 Å². The fourth-order valence-corrected chi connectivity index (χ4v) is 4.25. The van der Waals surface area contributed by atoms with Crippen molar-refractivity contribution in [3.63, 3.8) is 0 Å². The number of rotatable bonds is 10. The second-order valence-corrected chi connectivity index (χ2v) is 8.96. The van der Waals surface area contributed by atoms with E-state index in [2.05, 4.69) is 22.1 Å². The lowest BCUT2D eigenvalue weighted by molar-refractivity contribution is -0.384. The number of carbonyl (C=O) groups is 1. The van der Waals surface area contributed by atoms with Crippen LogP contribution in [-0.4, -0.2) is 25.6 Å². The van der Waals surface area contributed by atoms with Gasteiger partial charge in [-0.25, -0.2) is 0 Å². The maximum absolute atomic E-state index is 12.9. The molecular weight excluding hydrogens is 438 g/mol. The van der Waals surface area contributed by atoms with Crippen LogP contribution in [0.4, 0.5) is 5.69 Å². The number of nitrogens with one attached hydrogen (secondary N) is 1. The van der Waals surface area contributed by atoms with Crippen molar-refractivity contribution in [2.45, 2.75) is 44.3 Å². The first-order valence-corrected chi connectivity index (χ1v) is 11.6. The molecule has 1 atom stereocenters. The number of hydrogen-bond acceptors (Lipinski definition) is 6. The molecule has 1 aromatic heterocycles. The lowest BCUT2D eigenvalue weighted by Crippen LogP contribution is -2.33. The summed E-state index contributed by atoms with van der Waals surface area (Å²) in [6.45, 7) is 10.3. The molecule has 1 heterocycles. The molecule has 3 aromatic rings. The largest absolute Gasteiger partial charge is 0.342 e. The lowest BCUT2D eigenvalue weighted by atomic mass is 10.0. The maximum Gasteiger partial charge on any atom is 0.269 e. The van der Waals surface area contributed by atoms with Crippen molar-refractivity contribution < 1.29 is 9.72 Å². The van der Waals surface area contributed by atoms with Gasteiger partial charge in [0.15, 0.2) is 11.0 Å². The van der Waals surface area contributed by atoms with Crippen molar-refractivity contribution in [2.24, 2.45) is 5.92 Å². The predicted octanol–water partition coefficient (Wildman–Crippen LogP) is 5.10. The minimum atomic E-state index is -0.416. The Morgan fingerprint density at radius 2 is 1.97 bits per heavy atom. The second-order valence-electron chi connectivity index (χ2n) is 8.02. The molecule has 0 saturated heterocycles. The van der Waals surface area contributed by atoms with Gasteiger partial charge in [0.2, 0.25) is 0 Å². The highest BCUT2D eigenvalue weighted by molar-refractivity contribution is 7.98. The summed E-state index contributed by atoms with van der Waals surface area (Å²) in [5, 5.41) is 23.4. The molecule has 8 nitrogen and oxygen atoms in total. The number of nitro groups is 1. The summed E-state index contributed by atoms with van der Waals surface area (Å²) >= 11 is 1.48. The summed E-state index contributed by atoms with van der Waals surface area (Å²) in [7, 11) is 0. The van der Waals surface area contributed by atoms with Gasteiger partial charge >= 0.3 is 0 Å². The molecule has 0 fully saturated rings. The van der Waals surface area contributed by atoms with Crippen molar-refractivity contribution in [2.75, 3.05) is 0 Å². The SMILES string of the molecule is C=CCn1c(SCc2ccc([N+](=O)[O-])cc2)nnc1[C@@H](NC(=O)c1cccc(C)c1)C(C)C. The Hall–Kier alpha value is -3.46. The topological polar surface area (TPSA) is 103 Å². The number of aromatic nitrogens is 3. The highest BCUT2D eigenvalue weighted by Crippen LogP contribution is 2.28. The molecule has 0 aliphatic heterocycles. The zero-order valence-electron chi connectivity index (χ0n) is 18.9. The van der Waals surface area contributed by atoms with E-state index in [1.165, 1.54) is 23.9 Å². The standard InChI is InChI=1S/C24H27N5O3S/c1-5-13-28-22(21(16(2)3)25-23(30)19-8-6-7-17(4)14-19)26-27-24(28)33-15-18-9-11-20(12-10-18)29(31)32/h5-12,14,16,21H,1,13,15H2,2-4H3,(H,25,30)/t21-/m0/s1. The van der Waals surface area contributed by atoms with Gasteiger partial charge in [0.25, 0.3) is 11.6 Å². The molecular formula is C24H27N5O3S. The minimum Gasteiger partial charge on any atom is -0.342 e. The number of non-ortho nitro benzene ring substituents is 1. The summed E-state index contributed by atoms with van der Waals surface area (Å²) in [5.74, 6) is 1.16. The Morgan fingerprint density at radius 3 is 2.58 bits per heavy atom. The van der Waals surface area contributed by atoms with Crippen molar-refractivity contribution in [1.82, 2.24) is 20.1 Å². The number of allylic oxidation sites excluding steroid dienone is 1. The molecule has 0 unspecified atom stereocenters. The fourth-order valence-electron chi connectivity index (χ4n) is 3.34. The van der Waals surface area contributed by atoms with E-state index in [0.717, 1.165) is 11.1 Å². The molecule has 0 aliphatic rings. The Bertz CT molecular complexity index is 1140. The van der Waals surface area contributed by atoms with E-state index < -0.39 is 4.92 Å². The highest BCUT2D eigenvalue weighted by Gasteiger charge is 2.26. The smallest absolute Gasteiger partial charge is 0.269 e. The average molecular weight is 466 g/mol. The van der Waals surface area contributed by atoms with Crippen LogP contribution in [0.5, 0.6) is 0 Å². The molecule has 1 N–H and O–H groups in total. The van der Waals surface area contributed by atoms with Crippen molar-refractivity contribution in [3.8, 4) is 0 Å².